The van der Waals surface area contributed by atoms with E-state index in [2.05, 4.69) is 36.6 Å². The zero-order valence-corrected chi connectivity index (χ0v) is 33.1. The molecule has 12 heteroatoms. The smallest absolute Gasteiger partial charge is 0.223 e. The minimum absolute atomic E-state index is 0.277. The van der Waals surface area contributed by atoms with Crippen LogP contribution in [0.5, 0.6) is 11.5 Å². The molecule has 0 aliphatic carbocycles. The molecule has 0 aliphatic rings. The Morgan fingerprint density at radius 3 is 1.55 bits per heavy atom. The quantitative estimate of drug-likeness (QED) is 0.110. The molecule has 0 amide bonds. The van der Waals surface area contributed by atoms with Gasteiger partial charge in [-0.15, -0.1) is 0 Å². The van der Waals surface area contributed by atoms with Crippen LogP contribution in [0.3, 0.4) is 0 Å². The Kier molecular flexibility index (Phi) is 13.7. The Labute approximate surface area is 347 Å². The molecule has 0 aliphatic heterocycles. The molecule has 0 radical (unpaired) electrons. The van der Waals surface area contributed by atoms with Crippen molar-refractivity contribution >= 4 is 11.9 Å². The first-order valence-corrected chi connectivity index (χ1v) is 19.3. The molecule has 4 heterocycles. The summed E-state index contributed by atoms with van der Waals surface area (Å²) in [5.41, 5.74) is 9.01. The Morgan fingerprint density at radius 1 is 0.517 bits per heavy atom. The SMILES string of the molecule is COc1cccc(CCNc2ncc(-c3ccc(F)cc3)c(-c3ccncc3)n2)c1.COc1ccccc1CCNc1ncc(-c2ccc(F)cc2)c(-c2ccncc2)n1. The lowest BCUT2D eigenvalue weighted by atomic mass is 10.0. The third kappa shape index (κ3) is 10.7. The van der Waals surface area contributed by atoms with Gasteiger partial charge in [0.15, 0.2) is 0 Å². The van der Waals surface area contributed by atoms with Gasteiger partial charge in [0.1, 0.15) is 23.1 Å². The summed E-state index contributed by atoms with van der Waals surface area (Å²) in [6, 6.07) is 36.2. The van der Waals surface area contributed by atoms with Crippen molar-refractivity contribution in [1.82, 2.24) is 29.9 Å². The van der Waals surface area contributed by atoms with Crippen LogP contribution in [0.4, 0.5) is 20.7 Å². The third-order valence-electron chi connectivity index (χ3n) is 9.50. The van der Waals surface area contributed by atoms with Crippen LogP contribution in [0.1, 0.15) is 11.1 Å². The van der Waals surface area contributed by atoms with Gasteiger partial charge in [-0.2, -0.15) is 0 Å². The molecule has 2 N–H and O–H groups in total. The average Bonchev–Trinajstić information content (AvgIpc) is 3.30. The van der Waals surface area contributed by atoms with Gasteiger partial charge >= 0.3 is 0 Å². The number of pyridine rings is 2. The molecule has 10 nitrogen and oxygen atoms in total. The molecule has 0 atom stereocenters. The van der Waals surface area contributed by atoms with E-state index in [1.807, 2.05) is 66.7 Å². The van der Waals surface area contributed by atoms with Gasteiger partial charge in [-0.05, 0) is 102 Å². The largest absolute Gasteiger partial charge is 0.497 e. The first-order valence-electron chi connectivity index (χ1n) is 19.3. The lowest BCUT2D eigenvalue weighted by Crippen LogP contribution is -2.09. The van der Waals surface area contributed by atoms with E-state index in [0.29, 0.717) is 25.0 Å². The van der Waals surface area contributed by atoms with Crippen molar-refractivity contribution in [3.63, 3.8) is 0 Å². The van der Waals surface area contributed by atoms with E-state index < -0.39 is 0 Å². The Balaban J connectivity index is 0.000000181. The Bertz CT molecular complexity index is 2600. The molecule has 8 rings (SSSR count). The molecule has 0 bridgehead atoms. The van der Waals surface area contributed by atoms with Crippen molar-refractivity contribution in [3.8, 4) is 56.3 Å². The molecular weight excluding hydrogens is 759 g/mol. The second-order valence-corrected chi connectivity index (χ2v) is 13.4. The third-order valence-corrected chi connectivity index (χ3v) is 9.50. The number of nitrogens with zero attached hydrogens (tertiary/aromatic N) is 6. The Morgan fingerprint density at radius 2 is 1.03 bits per heavy atom. The Hall–Kier alpha value is -7.60. The van der Waals surface area contributed by atoms with Crippen molar-refractivity contribution < 1.29 is 18.3 Å². The number of nitrogens with one attached hydrogen (secondary N) is 2. The standard InChI is InChI=1S/2C24H21FN4O/c1-30-21-4-2-3-17(15-21)9-14-27-24-28-16-22(18-5-7-20(25)8-6-18)23(29-24)19-10-12-26-13-11-19;1-30-22-5-3-2-4-18(22)12-15-27-24-28-16-21(17-6-8-20(25)9-7-17)23(29-24)19-10-13-26-14-11-19/h2-8,10-13,15-16H,9,14H2,1H3,(H,27,28,29);2-11,13-14,16H,12,15H2,1H3,(H,27,28,29). The van der Waals surface area contributed by atoms with E-state index in [1.54, 1.807) is 75.7 Å². The maximum Gasteiger partial charge on any atom is 0.223 e. The van der Waals surface area contributed by atoms with Crippen LogP contribution in [0.15, 0.2) is 159 Å². The summed E-state index contributed by atoms with van der Waals surface area (Å²) in [6.45, 7) is 1.34. The van der Waals surface area contributed by atoms with Crippen LogP contribution in [0, 0.1) is 11.6 Å². The van der Waals surface area contributed by atoms with Gasteiger partial charge in [0.2, 0.25) is 11.9 Å². The molecule has 8 aromatic rings. The van der Waals surface area contributed by atoms with E-state index in [1.165, 1.54) is 29.8 Å². The number of aromatic nitrogens is 6. The number of halogens is 2. The van der Waals surface area contributed by atoms with Crippen LogP contribution in [-0.4, -0.2) is 57.2 Å². The highest BCUT2D eigenvalue weighted by molar-refractivity contribution is 5.81. The summed E-state index contributed by atoms with van der Waals surface area (Å²) >= 11 is 0. The van der Waals surface area contributed by atoms with Gasteiger partial charge in [-0.25, -0.2) is 28.7 Å². The number of hydrogen-bond donors (Lipinski definition) is 2. The van der Waals surface area contributed by atoms with Crippen LogP contribution in [0.25, 0.3) is 44.8 Å². The number of rotatable bonds is 14. The maximum atomic E-state index is 13.4. The van der Waals surface area contributed by atoms with Crippen LogP contribution in [-0.2, 0) is 12.8 Å². The first-order chi connectivity index (χ1) is 29.5. The second-order valence-electron chi connectivity index (χ2n) is 13.4. The molecule has 60 heavy (non-hydrogen) atoms. The summed E-state index contributed by atoms with van der Waals surface area (Å²) in [4.78, 5) is 26.6. The number of anilines is 2. The number of ether oxygens (including phenoxy) is 2. The fourth-order valence-electron chi connectivity index (χ4n) is 6.44. The van der Waals surface area contributed by atoms with Crippen molar-refractivity contribution in [1.29, 1.82) is 0 Å². The molecule has 4 aromatic heterocycles. The predicted octanol–water partition coefficient (Wildman–Crippen LogP) is 10.0. The van der Waals surface area contributed by atoms with Gasteiger partial charge in [0.05, 0.1) is 25.6 Å². The molecule has 0 saturated heterocycles. The first kappa shape index (κ1) is 40.6. The molecule has 0 spiro atoms. The van der Waals surface area contributed by atoms with Crippen molar-refractivity contribution in [3.05, 3.63) is 181 Å². The summed E-state index contributed by atoms with van der Waals surface area (Å²) in [6.07, 6.45) is 12.0. The molecule has 300 valence electrons. The molecule has 0 saturated carbocycles. The van der Waals surface area contributed by atoms with Crippen LogP contribution in [0.2, 0.25) is 0 Å². The molecule has 0 unspecified atom stereocenters. The van der Waals surface area contributed by atoms with E-state index in [0.717, 1.165) is 74.7 Å². The average molecular weight is 801 g/mol. The number of hydrogen-bond acceptors (Lipinski definition) is 10. The fraction of sp³-hybridized carbons (Fsp3) is 0.125. The van der Waals surface area contributed by atoms with Gasteiger partial charge in [-0.3, -0.25) is 9.97 Å². The van der Waals surface area contributed by atoms with Crippen LogP contribution >= 0.6 is 0 Å². The highest BCUT2D eigenvalue weighted by Gasteiger charge is 2.14. The van der Waals surface area contributed by atoms with E-state index in [4.69, 9.17) is 19.4 Å². The summed E-state index contributed by atoms with van der Waals surface area (Å²) in [5.74, 6) is 2.22. The van der Waals surface area contributed by atoms with E-state index in [-0.39, 0.29) is 11.6 Å². The van der Waals surface area contributed by atoms with Crippen molar-refractivity contribution in [2.75, 3.05) is 37.9 Å². The highest BCUT2D eigenvalue weighted by atomic mass is 19.1. The number of para-hydroxylation sites is 1. The minimum atomic E-state index is -0.278. The number of benzene rings is 4. The molecule has 0 fully saturated rings. The topological polar surface area (TPSA) is 120 Å². The molecular formula is C48H42F2N8O2. The monoisotopic (exact) mass is 800 g/mol. The molecule has 4 aromatic carbocycles. The van der Waals surface area contributed by atoms with E-state index in [9.17, 15) is 8.78 Å². The normalized spacial score (nSPS) is 10.6. The minimum Gasteiger partial charge on any atom is -0.497 e. The van der Waals surface area contributed by atoms with Crippen LogP contribution < -0.4 is 20.1 Å². The zero-order valence-electron chi connectivity index (χ0n) is 33.1. The lowest BCUT2D eigenvalue weighted by Gasteiger charge is -2.12. The van der Waals surface area contributed by atoms with Gasteiger partial charge in [0.25, 0.3) is 0 Å². The van der Waals surface area contributed by atoms with Gasteiger partial charge in [-0.1, -0.05) is 54.6 Å². The van der Waals surface area contributed by atoms with Crippen molar-refractivity contribution in [2.24, 2.45) is 0 Å². The summed E-state index contributed by atoms with van der Waals surface area (Å²) in [7, 11) is 3.33. The van der Waals surface area contributed by atoms with Gasteiger partial charge < -0.3 is 20.1 Å². The fourth-order valence-corrected chi connectivity index (χ4v) is 6.44. The predicted molar refractivity (Wildman–Crippen MR) is 232 cm³/mol. The van der Waals surface area contributed by atoms with Crippen molar-refractivity contribution in [2.45, 2.75) is 12.8 Å². The zero-order chi connectivity index (χ0) is 41.5. The highest BCUT2D eigenvalue weighted by Crippen LogP contribution is 2.32. The maximum absolute atomic E-state index is 13.4. The summed E-state index contributed by atoms with van der Waals surface area (Å²) < 4.78 is 37.4. The summed E-state index contributed by atoms with van der Waals surface area (Å²) in [5, 5.41) is 6.58. The second kappa shape index (κ2) is 20.2. The van der Waals surface area contributed by atoms with E-state index >= 15 is 0 Å². The lowest BCUT2D eigenvalue weighted by molar-refractivity contribution is 0.410. The van der Waals surface area contributed by atoms with Gasteiger partial charge in [0, 0.05) is 72.5 Å². The number of methoxy groups -OCH3 is 2.